The van der Waals surface area contributed by atoms with E-state index in [-0.39, 0.29) is 18.2 Å². The topological polar surface area (TPSA) is 51.7 Å². The zero-order valence-corrected chi connectivity index (χ0v) is 14.3. The molecule has 5 nitrogen and oxygen atoms in total. The number of ether oxygens (including phenoxy) is 2. The molecular formula is C16H23ClN2O3. The number of likely N-dealkylation sites (tertiary alicyclic amines) is 1. The Morgan fingerprint density at radius 3 is 2.73 bits per heavy atom. The maximum atomic E-state index is 12.2. The minimum absolute atomic E-state index is 0.0275. The first kappa shape index (κ1) is 16.9. The third kappa shape index (κ3) is 4.77. The van der Waals surface area contributed by atoms with E-state index >= 15 is 0 Å². The summed E-state index contributed by atoms with van der Waals surface area (Å²) < 4.78 is 11.3. The van der Waals surface area contributed by atoms with Gasteiger partial charge in [0.1, 0.15) is 16.9 Å². The highest BCUT2D eigenvalue weighted by Crippen LogP contribution is 2.24. The molecule has 0 unspecified atom stereocenters. The molecular weight excluding hydrogens is 304 g/mol. The monoisotopic (exact) mass is 326 g/mol. The van der Waals surface area contributed by atoms with Crippen molar-refractivity contribution in [3.8, 4) is 5.88 Å². The number of carbonyl (C=O) groups excluding carboxylic acids is 1. The Balaban J connectivity index is 1.91. The number of carbonyl (C=O) groups is 1. The largest absolute Gasteiger partial charge is 0.474 e. The molecule has 0 bridgehead atoms. The molecule has 1 aromatic rings. The van der Waals surface area contributed by atoms with Crippen LogP contribution in [0.4, 0.5) is 4.79 Å². The highest BCUT2D eigenvalue weighted by molar-refractivity contribution is 6.29. The van der Waals surface area contributed by atoms with E-state index in [2.05, 4.69) is 4.98 Å². The van der Waals surface area contributed by atoms with Gasteiger partial charge in [0, 0.05) is 31.5 Å². The summed E-state index contributed by atoms with van der Waals surface area (Å²) in [5.41, 5.74) is -0.477. The molecule has 0 saturated carbocycles. The number of pyridine rings is 1. The fourth-order valence-electron chi connectivity index (χ4n) is 2.45. The molecule has 1 fully saturated rings. The summed E-state index contributed by atoms with van der Waals surface area (Å²) in [7, 11) is 0. The van der Waals surface area contributed by atoms with Gasteiger partial charge in [0.25, 0.3) is 0 Å². The molecule has 0 radical (unpaired) electrons. The van der Waals surface area contributed by atoms with Crippen LogP contribution in [0.3, 0.4) is 0 Å². The Kier molecular flexibility index (Phi) is 5.16. The first-order valence-corrected chi connectivity index (χ1v) is 7.91. The number of rotatable bonds is 2. The number of amides is 1. The van der Waals surface area contributed by atoms with Gasteiger partial charge in [-0.2, -0.15) is 0 Å². The van der Waals surface area contributed by atoms with Crippen molar-refractivity contribution in [3.05, 3.63) is 23.4 Å². The lowest BCUT2D eigenvalue weighted by molar-refractivity contribution is -0.00150. The number of hydrogen-bond acceptors (Lipinski definition) is 4. The van der Waals surface area contributed by atoms with Gasteiger partial charge in [-0.1, -0.05) is 17.7 Å². The van der Waals surface area contributed by atoms with Crippen molar-refractivity contribution in [2.24, 2.45) is 0 Å². The average molecular weight is 327 g/mol. The quantitative estimate of drug-likeness (QED) is 0.773. The number of hydrogen-bond donors (Lipinski definition) is 0. The molecule has 1 amide bonds. The maximum absolute atomic E-state index is 12.2. The lowest BCUT2D eigenvalue weighted by atomic mass is 10.0. The van der Waals surface area contributed by atoms with Crippen molar-refractivity contribution in [2.75, 3.05) is 6.54 Å². The molecule has 6 heteroatoms. The predicted molar refractivity (Wildman–Crippen MR) is 85.3 cm³/mol. The van der Waals surface area contributed by atoms with Gasteiger partial charge in [-0.05, 0) is 33.8 Å². The van der Waals surface area contributed by atoms with Crippen LogP contribution in [0.5, 0.6) is 5.88 Å². The van der Waals surface area contributed by atoms with E-state index in [4.69, 9.17) is 21.1 Å². The third-order valence-corrected chi connectivity index (χ3v) is 3.64. The van der Waals surface area contributed by atoms with Crippen LogP contribution < -0.4 is 4.74 Å². The molecule has 22 heavy (non-hydrogen) atoms. The number of halogens is 1. The second-order valence-electron chi connectivity index (χ2n) is 6.59. The third-order valence-electron chi connectivity index (χ3n) is 3.43. The van der Waals surface area contributed by atoms with E-state index < -0.39 is 5.60 Å². The molecule has 0 aromatic carbocycles. The van der Waals surface area contributed by atoms with Gasteiger partial charge in [-0.25, -0.2) is 9.78 Å². The molecule has 1 aliphatic rings. The SMILES string of the molecule is C[C@@H]1C[C@H](Oc2cccc(Cl)n2)CCN1C(=O)OC(C)(C)C. The van der Waals surface area contributed by atoms with Crippen LogP contribution in [0, 0.1) is 0 Å². The first-order valence-electron chi connectivity index (χ1n) is 7.53. The van der Waals surface area contributed by atoms with Gasteiger partial charge in [0.05, 0.1) is 0 Å². The van der Waals surface area contributed by atoms with E-state index in [1.165, 1.54) is 0 Å². The average Bonchev–Trinajstić information content (AvgIpc) is 2.36. The van der Waals surface area contributed by atoms with Crippen LogP contribution in [0.15, 0.2) is 18.2 Å². The Bertz CT molecular complexity index is 530. The van der Waals surface area contributed by atoms with E-state index in [1.54, 1.807) is 17.0 Å². The fourth-order valence-corrected chi connectivity index (χ4v) is 2.61. The number of nitrogens with zero attached hydrogens (tertiary/aromatic N) is 2. The zero-order chi connectivity index (χ0) is 16.3. The van der Waals surface area contributed by atoms with E-state index in [9.17, 15) is 4.79 Å². The van der Waals surface area contributed by atoms with E-state index in [0.717, 1.165) is 12.8 Å². The number of aromatic nitrogens is 1. The summed E-state index contributed by atoms with van der Waals surface area (Å²) in [5, 5.41) is 0.414. The van der Waals surface area contributed by atoms with Gasteiger partial charge in [0.2, 0.25) is 5.88 Å². The van der Waals surface area contributed by atoms with Crippen LogP contribution >= 0.6 is 11.6 Å². The van der Waals surface area contributed by atoms with Crippen LogP contribution in [0.2, 0.25) is 5.15 Å². The Morgan fingerprint density at radius 1 is 1.41 bits per heavy atom. The summed E-state index contributed by atoms with van der Waals surface area (Å²) >= 11 is 5.86. The minimum atomic E-state index is -0.477. The van der Waals surface area contributed by atoms with Gasteiger partial charge in [-0.3, -0.25) is 0 Å². The fraction of sp³-hybridized carbons (Fsp3) is 0.625. The van der Waals surface area contributed by atoms with Crippen molar-refractivity contribution >= 4 is 17.7 Å². The summed E-state index contributed by atoms with van der Waals surface area (Å²) in [4.78, 5) is 18.1. The molecule has 1 aliphatic heterocycles. The van der Waals surface area contributed by atoms with Crippen LogP contribution in [-0.2, 0) is 4.74 Å². The van der Waals surface area contributed by atoms with Crippen molar-refractivity contribution in [1.29, 1.82) is 0 Å². The molecule has 1 aromatic heterocycles. The second-order valence-corrected chi connectivity index (χ2v) is 6.97. The lowest BCUT2D eigenvalue weighted by Crippen LogP contribution is -2.49. The van der Waals surface area contributed by atoms with E-state index in [0.29, 0.717) is 17.6 Å². The molecule has 0 N–H and O–H groups in total. The van der Waals surface area contributed by atoms with E-state index in [1.807, 2.05) is 33.8 Å². The highest BCUT2D eigenvalue weighted by atomic mass is 35.5. The van der Waals surface area contributed by atoms with Crippen molar-refractivity contribution in [3.63, 3.8) is 0 Å². The molecule has 2 rings (SSSR count). The van der Waals surface area contributed by atoms with Crippen molar-refractivity contribution in [2.45, 2.75) is 58.3 Å². The molecule has 122 valence electrons. The Labute approximate surface area is 136 Å². The molecule has 0 aliphatic carbocycles. The highest BCUT2D eigenvalue weighted by Gasteiger charge is 2.32. The lowest BCUT2D eigenvalue weighted by Gasteiger charge is -2.38. The number of piperidine rings is 1. The smallest absolute Gasteiger partial charge is 0.410 e. The predicted octanol–water partition coefficient (Wildman–Crippen LogP) is 3.90. The van der Waals surface area contributed by atoms with Crippen molar-refractivity contribution in [1.82, 2.24) is 9.88 Å². The maximum Gasteiger partial charge on any atom is 0.410 e. The zero-order valence-electron chi connectivity index (χ0n) is 13.5. The van der Waals surface area contributed by atoms with Crippen molar-refractivity contribution < 1.29 is 14.3 Å². The molecule has 0 spiro atoms. The van der Waals surface area contributed by atoms with Gasteiger partial charge < -0.3 is 14.4 Å². The summed E-state index contributed by atoms with van der Waals surface area (Å²) in [5.74, 6) is 0.524. The standard InChI is InChI=1S/C16H23ClN2O3/c1-11-10-12(21-14-7-5-6-13(17)18-14)8-9-19(11)15(20)22-16(2,3)4/h5-7,11-12H,8-10H2,1-4H3/t11-,12-/m1/s1. The molecule has 2 heterocycles. The normalized spacial score (nSPS) is 22.3. The Morgan fingerprint density at radius 2 is 2.14 bits per heavy atom. The minimum Gasteiger partial charge on any atom is -0.474 e. The Hall–Kier alpha value is -1.49. The second kappa shape index (κ2) is 6.73. The summed E-state index contributed by atoms with van der Waals surface area (Å²) in [6.07, 6.45) is 1.25. The molecule has 1 saturated heterocycles. The van der Waals surface area contributed by atoms with Crippen LogP contribution in [0.1, 0.15) is 40.5 Å². The van der Waals surface area contributed by atoms with Crippen LogP contribution in [-0.4, -0.2) is 40.3 Å². The summed E-state index contributed by atoms with van der Waals surface area (Å²) in [6.45, 7) is 8.23. The molecule has 2 atom stereocenters. The van der Waals surface area contributed by atoms with Gasteiger partial charge in [-0.15, -0.1) is 0 Å². The van der Waals surface area contributed by atoms with Crippen LogP contribution in [0.25, 0.3) is 0 Å². The first-order chi connectivity index (χ1) is 10.2. The van der Waals surface area contributed by atoms with Gasteiger partial charge >= 0.3 is 6.09 Å². The summed E-state index contributed by atoms with van der Waals surface area (Å²) in [6, 6.07) is 5.37. The van der Waals surface area contributed by atoms with Gasteiger partial charge in [0.15, 0.2) is 0 Å².